The molecule has 0 amide bonds. The summed E-state index contributed by atoms with van der Waals surface area (Å²) in [6.07, 6.45) is 1.15. The van der Waals surface area contributed by atoms with Crippen LogP contribution in [0.3, 0.4) is 0 Å². The highest BCUT2D eigenvalue weighted by molar-refractivity contribution is 9.10. The van der Waals surface area contributed by atoms with Crippen LogP contribution < -0.4 is 4.74 Å². The lowest BCUT2D eigenvalue weighted by molar-refractivity contribution is -0.137. The number of hydrogen-bond donors (Lipinski definition) is 1. The molecule has 0 fully saturated rings. The Morgan fingerprint density at radius 3 is 2.81 bits per heavy atom. The van der Waals surface area contributed by atoms with Crippen molar-refractivity contribution < 1.29 is 19.0 Å². The van der Waals surface area contributed by atoms with Crippen LogP contribution in [0, 0.1) is 5.82 Å². The molecule has 1 aromatic carbocycles. The number of carbonyl (C=O) groups is 1. The Morgan fingerprint density at radius 1 is 1.56 bits per heavy atom. The van der Waals surface area contributed by atoms with Gasteiger partial charge in [-0.2, -0.15) is 0 Å². The molecular formula is C11H12BrFO3. The van der Waals surface area contributed by atoms with E-state index in [2.05, 4.69) is 15.9 Å². The number of methoxy groups -OCH3 is 1. The number of aryl methyl sites for hydroxylation is 1. The minimum absolute atomic E-state index is 0.0954. The summed E-state index contributed by atoms with van der Waals surface area (Å²) in [5.74, 6) is -0.773. The van der Waals surface area contributed by atoms with Crippen LogP contribution in [0.5, 0.6) is 5.75 Å². The predicted molar refractivity (Wildman–Crippen MR) is 61.2 cm³/mol. The fraction of sp³-hybridized carbons (Fsp3) is 0.364. The molecule has 1 N–H and O–H groups in total. The number of hydrogen-bond acceptors (Lipinski definition) is 2. The third-order valence-electron chi connectivity index (χ3n) is 2.16. The first-order valence-corrected chi connectivity index (χ1v) is 5.57. The van der Waals surface area contributed by atoms with E-state index >= 15 is 0 Å². The summed E-state index contributed by atoms with van der Waals surface area (Å²) < 4.78 is 18.6. The third-order valence-corrected chi connectivity index (χ3v) is 2.77. The van der Waals surface area contributed by atoms with Gasteiger partial charge < -0.3 is 9.84 Å². The summed E-state index contributed by atoms with van der Waals surface area (Å²) in [7, 11) is 1.46. The smallest absolute Gasteiger partial charge is 0.303 e. The van der Waals surface area contributed by atoms with Gasteiger partial charge in [-0.25, -0.2) is 4.39 Å². The Morgan fingerprint density at radius 2 is 2.25 bits per heavy atom. The maximum atomic E-state index is 13.2. The number of carboxylic acid groups (broad SMARTS) is 1. The first-order chi connectivity index (χ1) is 7.54. The molecule has 0 spiro atoms. The molecular weight excluding hydrogens is 279 g/mol. The average Bonchev–Trinajstić information content (AvgIpc) is 2.22. The lowest BCUT2D eigenvalue weighted by Crippen LogP contribution is -1.98. The number of ether oxygens (including phenoxy) is 1. The largest absolute Gasteiger partial charge is 0.496 e. The van der Waals surface area contributed by atoms with Gasteiger partial charge in [0.2, 0.25) is 0 Å². The monoisotopic (exact) mass is 290 g/mol. The zero-order chi connectivity index (χ0) is 12.1. The molecule has 0 radical (unpaired) electrons. The molecule has 1 aromatic rings. The molecule has 1 rings (SSSR count). The molecule has 0 bridgehead atoms. The summed E-state index contributed by atoms with van der Waals surface area (Å²) >= 11 is 3.08. The van der Waals surface area contributed by atoms with Gasteiger partial charge in [0.05, 0.1) is 11.6 Å². The van der Waals surface area contributed by atoms with Gasteiger partial charge in [0, 0.05) is 12.5 Å². The van der Waals surface area contributed by atoms with Crippen LogP contribution in [-0.4, -0.2) is 18.2 Å². The van der Waals surface area contributed by atoms with Crippen molar-refractivity contribution in [1.82, 2.24) is 0 Å². The van der Waals surface area contributed by atoms with Gasteiger partial charge >= 0.3 is 5.97 Å². The molecule has 3 nitrogen and oxygen atoms in total. The van der Waals surface area contributed by atoms with Crippen molar-refractivity contribution in [3.63, 3.8) is 0 Å². The second-order valence-electron chi connectivity index (χ2n) is 3.33. The van der Waals surface area contributed by atoms with E-state index in [1.807, 2.05) is 0 Å². The van der Waals surface area contributed by atoms with E-state index in [1.165, 1.54) is 13.2 Å². The Bertz CT molecular complexity index is 393. The van der Waals surface area contributed by atoms with Gasteiger partial charge in [0.15, 0.2) is 0 Å². The molecule has 0 heterocycles. The first-order valence-electron chi connectivity index (χ1n) is 4.78. The summed E-state index contributed by atoms with van der Waals surface area (Å²) in [4.78, 5) is 10.4. The Balaban J connectivity index is 2.77. The van der Waals surface area contributed by atoms with E-state index < -0.39 is 5.97 Å². The zero-order valence-corrected chi connectivity index (χ0v) is 10.4. The van der Waals surface area contributed by atoms with Gasteiger partial charge in [0.25, 0.3) is 0 Å². The minimum atomic E-state index is -0.833. The normalized spacial score (nSPS) is 10.2. The quantitative estimate of drug-likeness (QED) is 0.907. The average molecular weight is 291 g/mol. The number of rotatable bonds is 5. The second kappa shape index (κ2) is 5.84. The summed E-state index contributed by atoms with van der Waals surface area (Å²) in [5, 5.41) is 8.52. The highest BCUT2D eigenvalue weighted by Gasteiger charge is 2.09. The number of aliphatic carboxylic acids is 1. The van der Waals surface area contributed by atoms with Gasteiger partial charge in [-0.1, -0.05) is 0 Å². The van der Waals surface area contributed by atoms with Crippen molar-refractivity contribution in [2.24, 2.45) is 0 Å². The van der Waals surface area contributed by atoms with Crippen LogP contribution in [0.1, 0.15) is 18.4 Å². The van der Waals surface area contributed by atoms with Crippen molar-refractivity contribution in [1.29, 1.82) is 0 Å². The lowest BCUT2D eigenvalue weighted by atomic mass is 10.1. The SMILES string of the molecule is COc1cc(F)c(Br)cc1CCCC(=O)O. The van der Waals surface area contributed by atoms with Crippen molar-refractivity contribution in [3.8, 4) is 5.75 Å². The Hall–Kier alpha value is -1.10. The topological polar surface area (TPSA) is 46.5 Å². The summed E-state index contributed by atoms with van der Waals surface area (Å²) in [6.45, 7) is 0. The van der Waals surface area contributed by atoms with Crippen LogP contribution >= 0.6 is 15.9 Å². The van der Waals surface area contributed by atoms with Crippen LogP contribution in [0.15, 0.2) is 16.6 Å². The van der Waals surface area contributed by atoms with E-state index in [9.17, 15) is 9.18 Å². The van der Waals surface area contributed by atoms with Crippen LogP contribution in [-0.2, 0) is 11.2 Å². The van der Waals surface area contributed by atoms with Gasteiger partial charge in [-0.05, 0) is 40.4 Å². The highest BCUT2D eigenvalue weighted by atomic mass is 79.9. The van der Waals surface area contributed by atoms with Crippen molar-refractivity contribution in [2.75, 3.05) is 7.11 Å². The third kappa shape index (κ3) is 3.48. The number of halogens is 2. The van der Waals surface area contributed by atoms with Crippen molar-refractivity contribution in [3.05, 3.63) is 28.0 Å². The molecule has 0 unspecified atom stereocenters. The molecule has 5 heteroatoms. The Labute approximate surface area is 101 Å². The predicted octanol–water partition coefficient (Wildman–Crippen LogP) is 3.00. The highest BCUT2D eigenvalue weighted by Crippen LogP contribution is 2.27. The standard InChI is InChI=1S/C11H12BrFO3/c1-16-10-6-9(13)8(12)5-7(10)3-2-4-11(14)15/h5-6H,2-4H2,1H3,(H,14,15). The van der Waals surface area contributed by atoms with Gasteiger partial charge in [-0.15, -0.1) is 0 Å². The van der Waals surface area contributed by atoms with Crippen LogP contribution in [0.25, 0.3) is 0 Å². The maximum absolute atomic E-state index is 13.2. The summed E-state index contributed by atoms with van der Waals surface area (Å²) in [5.41, 5.74) is 0.803. The van der Waals surface area contributed by atoms with Gasteiger partial charge in [0.1, 0.15) is 11.6 Å². The molecule has 16 heavy (non-hydrogen) atoms. The molecule has 0 atom stereocenters. The molecule has 0 saturated heterocycles. The Kier molecular flexibility index (Phi) is 4.73. The van der Waals surface area contributed by atoms with E-state index in [1.54, 1.807) is 6.07 Å². The lowest BCUT2D eigenvalue weighted by Gasteiger charge is -2.09. The second-order valence-corrected chi connectivity index (χ2v) is 4.18. The zero-order valence-electron chi connectivity index (χ0n) is 8.80. The maximum Gasteiger partial charge on any atom is 0.303 e. The van der Waals surface area contributed by atoms with E-state index in [0.29, 0.717) is 23.1 Å². The number of benzene rings is 1. The molecule has 0 saturated carbocycles. The van der Waals surface area contributed by atoms with E-state index in [-0.39, 0.29) is 12.2 Å². The van der Waals surface area contributed by atoms with Crippen LogP contribution in [0.2, 0.25) is 0 Å². The van der Waals surface area contributed by atoms with Crippen LogP contribution in [0.4, 0.5) is 4.39 Å². The van der Waals surface area contributed by atoms with E-state index in [4.69, 9.17) is 9.84 Å². The summed E-state index contributed by atoms with van der Waals surface area (Å²) in [6, 6.07) is 2.91. The van der Waals surface area contributed by atoms with Crippen molar-refractivity contribution >= 4 is 21.9 Å². The number of carboxylic acids is 1. The minimum Gasteiger partial charge on any atom is -0.496 e. The van der Waals surface area contributed by atoms with E-state index in [0.717, 1.165) is 5.56 Å². The first kappa shape index (κ1) is 13.0. The van der Waals surface area contributed by atoms with Crippen molar-refractivity contribution in [2.45, 2.75) is 19.3 Å². The molecule has 0 aliphatic heterocycles. The molecule has 0 aliphatic carbocycles. The fourth-order valence-electron chi connectivity index (χ4n) is 1.39. The molecule has 0 aliphatic rings. The van der Waals surface area contributed by atoms with Gasteiger partial charge in [-0.3, -0.25) is 4.79 Å². The molecule has 88 valence electrons. The fourth-order valence-corrected chi connectivity index (χ4v) is 1.78. The molecule has 0 aromatic heterocycles.